The predicted molar refractivity (Wildman–Crippen MR) is 123 cm³/mol. The van der Waals surface area contributed by atoms with E-state index < -0.39 is 0 Å². The van der Waals surface area contributed by atoms with Crippen LogP contribution in [-0.2, 0) is 4.74 Å². The van der Waals surface area contributed by atoms with Crippen molar-refractivity contribution in [3.63, 3.8) is 0 Å². The summed E-state index contributed by atoms with van der Waals surface area (Å²) in [4.78, 5) is 20.8. The van der Waals surface area contributed by atoms with Crippen molar-refractivity contribution in [2.75, 3.05) is 43.0 Å². The number of morpholine rings is 1. The Balaban J connectivity index is 1.29. The second-order valence-electron chi connectivity index (χ2n) is 7.68. The summed E-state index contributed by atoms with van der Waals surface area (Å²) in [6, 6.07) is 12.0. The van der Waals surface area contributed by atoms with Crippen molar-refractivity contribution >= 4 is 40.0 Å². The highest BCUT2D eigenvalue weighted by Crippen LogP contribution is 2.34. The second-order valence-corrected chi connectivity index (χ2v) is 9.49. The first-order chi connectivity index (χ1) is 14.7. The van der Waals surface area contributed by atoms with Gasteiger partial charge in [-0.05, 0) is 36.4 Å². The molecule has 4 heterocycles. The van der Waals surface area contributed by atoms with E-state index >= 15 is 0 Å². The SMILES string of the molecule is O=C(Nc1ccccc1N1CCC2(CC1)CNCCO2)c1csc(-c2cccs2)n1. The zero-order valence-electron chi connectivity index (χ0n) is 16.6. The molecular weight excluding hydrogens is 416 g/mol. The van der Waals surface area contributed by atoms with Gasteiger partial charge >= 0.3 is 0 Å². The summed E-state index contributed by atoms with van der Waals surface area (Å²) in [6.45, 7) is 4.47. The Kier molecular flexibility index (Phi) is 5.56. The number of carbonyl (C=O) groups excluding carboxylic acids is 1. The minimum absolute atomic E-state index is 0.0360. The van der Waals surface area contributed by atoms with Gasteiger partial charge in [0.05, 0.1) is 28.5 Å². The molecule has 2 N–H and O–H groups in total. The number of thiazole rings is 1. The predicted octanol–water partition coefficient (Wildman–Crippen LogP) is 4.08. The Hall–Kier alpha value is -2.26. The van der Waals surface area contributed by atoms with Gasteiger partial charge < -0.3 is 20.3 Å². The van der Waals surface area contributed by atoms with Gasteiger partial charge in [0.1, 0.15) is 10.7 Å². The van der Waals surface area contributed by atoms with Crippen molar-refractivity contribution in [1.82, 2.24) is 10.3 Å². The molecule has 0 saturated carbocycles. The van der Waals surface area contributed by atoms with Gasteiger partial charge in [0.2, 0.25) is 0 Å². The third-order valence-corrected chi connectivity index (χ3v) is 7.65. The van der Waals surface area contributed by atoms with E-state index in [1.165, 1.54) is 11.3 Å². The summed E-state index contributed by atoms with van der Waals surface area (Å²) in [6.07, 6.45) is 1.97. The number of aromatic nitrogens is 1. The number of ether oxygens (including phenoxy) is 1. The molecule has 5 rings (SSSR count). The van der Waals surface area contributed by atoms with Gasteiger partial charge in [0.15, 0.2) is 0 Å². The molecule has 1 amide bonds. The highest BCUT2D eigenvalue weighted by Gasteiger charge is 2.37. The molecule has 8 heteroatoms. The quantitative estimate of drug-likeness (QED) is 0.640. The van der Waals surface area contributed by atoms with Gasteiger partial charge in [-0.1, -0.05) is 18.2 Å². The number of nitrogens with one attached hydrogen (secondary N) is 2. The molecule has 2 aliphatic heterocycles. The average Bonchev–Trinajstić information content (AvgIpc) is 3.48. The Morgan fingerprint density at radius 2 is 2.03 bits per heavy atom. The summed E-state index contributed by atoms with van der Waals surface area (Å²) in [7, 11) is 0. The lowest BCUT2D eigenvalue weighted by atomic mass is 9.89. The van der Waals surface area contributed by atoms with E-state index in [-0.39, 0.29) is 11.5 Å². The molecule has 2 fully saturated rings. The largest absolute Gasteiger partial charge is 0.372 e. The molecule has 2 aromatic heterocycles. The zero-order chi connectivity index (χ0) is 20.4. The van der Waals surface area contributed by atoms with Crippen LogP contribution in [0.25, 0.3) is 9.88 Å². The second kappa shape index (κ2) is 8.47. The Morgan fingerprint density at radius 1 is 1.17 bits per heavy atom. The average molecular weight is 441 g/mol. The van der Waals surface area contributed by atoms with Crippen molar-refractivity contribution in [3.05, 3.63) is 52.9 Å². The molecule has 2 saturated heterocycles. The number of anilines is 2. The maximum absolute atomic E-state index is 12.9. The van der Waals surface area contributed by atoms with Gasteiger partial charge in [0.25, 0.3) is 5.91 Å². The monoisotopic (exact) mass is 440 g/mol. The highest BCUT2D eigenvalue weighted by molar-refractivity contribution is 7.20. The lowest BCUT2D eigenvalue weighted by Gasteiger charge is -2.45. The maximum atomic E-state index is 12.9. The van der Waals surface area contributed by atoms with E-state index in [1.54, 1.807) is 11.3 Å². The Morgan fingerprint density at radius 3 is 2.80 bits per heavy atom. The first-order valence-corrected chi connectivity index (χ1v) is 12.0. The number of amides is 1. The van der Waals surface area contributed by atoms with E-state index in [4.69, 9.17) is 4.74 Å². The van der Waals surface area contributed by atoms with Crippen LogP contribution in [0.1, 0.15) is 23.3 Å². The molecule has 3 aromatic rings. The van der Waals surface area contributed by atoms with Crippen molar-refractivity contribution < 1.29 is 9.53 Å². The first-order valence-electron chi connectivity index (χ1n) is 10.2. The highest BCUT2D eigenvalue weighted by atomic mass is 32.1. The molecule has 0 radical (unpaired) electrons. The lowest BCUT2D eigenvalue weighted by Crippen LogP contribution is -2.55. The smallest absolute Gasteiger partial charge is 0.275 e. The zero-order valence-corrected chi connectivity index (χ0v) is 18.2. The van der Waals surface area contributed by atoms with E-state index in [0.717, 1.165) is 66.9 Å². The van der Waals surface area contributed by atoms with Crippen LogP contribution < -0.4 is 15.5 Å². The summed E-state index contributed by atoms with van der Waals surface area (Å²) < 4.78 is 6.11. The van der Waals surface area contributed by atoms with Gasteiger partial charge in [-0.15, -0.1) is 22.7 Å². The van der Waals surface area contributed by atoms with Gasteiger partial charge in [-0.3, -0.25) is 4.79 Å². The summed E-state index contributed by atoms with van der Waals surface area (Å²) in [5.74, 6) is -0.171. The van der Waals surface area contributed by atoms with E-state index in [9.17, 15) is 4.79 Å². The Labute approximate surface area is 183 Å². The molecule has 1 aromatic carbocycles. The molecule has 30 heavy (non-hydrogen) atoms. The number of benzene rings is 1. The summed E-state index contributed by atoms with van der Waals surface area (Å²) in [5, 5.41) is 11.3. The number of piperidine rings is 1. The van der Waals surface area contributed by atoms with E-state index in [2.05, 4.69) is 26.6 Å². The topological polar surface area (TPSA) is 66.5 Å². The van der Waals surface area contributed by atoms with Crippen LogP contribution in [0.5, 0.6) is 0 Å². The first kappa shape index (κ1) is 19.7. The normalized spacial score (nSPS) is 18.5. The molecule has 1 spiro atoms. The lowest BCUT2D eigenvalue weighted by molar-refractivity contribution is -0.0799. The summed E-state index contributed by atoms with van der Waals surface area (Å²) in [5.41, 5.74) is 2.30. The molecular formula is C22H24N4O2S2. The minimum Gasteiger partial charge on any atom is -0.372 e. The number of rotatable bonds is 4. The van der Waals surface area contributed by atoms with Crippen LogP contribution in [-0.4, -0.2) is 49.3 Å². The summed E-state index contributed by atoms with van der Waals surface area (Å²) >= 11 is 3.13. The maximum Gasteiger partial charge on any atom is 0.275 e. The van der Waals surface area contributed by atoms with Crippen LogP contribution in [0.15, 0.2) is 47.2 Å². The number of hydrogen-bond acceptors (Lipinski definition) is 7. The van der Waals surface area contributed by atoms with E-state index in [1.807, 2.05) is 41.1 Å². The molecule has 6 nitrogen and oxygen atoms in total. The van der Waals surface area contributed by atoms with Crippen molar-refractivity contribution in [2.24, 2.45) is 0 Å². The molecule has 0 unspecified atom stereocenters. The number of para-hydroxylation sites is 2. The number of nitrogens with zero attached hydrogens (tertiary/aromatic N) is 2. The van der Waals surface area contributed by atoms with Crippen LogP contribution >= 0.6 is 22.7 Å². The fourth-order valence-electron chi connectivity index (χ4n) is 4.12. The third-order valence-electron chi connectivity index (χ3n) is 5.77. The number of hydrogen-bond donors (Lipinski definition) is 2. The molecule has 0 aliphatic carbocycles. The fourth-order valence-corrected chi connectivity index (χ4v) is 5.73. The van der Waals surface area contributed by atoms with Crippen molar-refractivity contribution in [2.45, 2.75) is 18.4 Å². The van der Waals surface area contributed by atoms with Crippen LogP contribution in [0.3, 0.4) is 0 Å². The molecule has 2 aliphatic rings. The van der Waals surface area contributed by atoms with Gasteiger partial charge in [-0.25, -0.2) is 4.98 Å². The number of carbonyl (C=O) groups is 1. The van der Waals surface area contributed by atoms with E-state index in [0.29, 0.717) is 5.69 Å². The minimum atomic E-state index is -0.171. The fraction of sp³-hybridized carbons (Fsp3) is 0.364. The van der Waals surface area contributed by atoms with Gasteiger partial charge in [-0.2, -0.15) is 0 Å². The standard InChI is InChI=1S/C22H24N4O2S2/c27-20(17-14-30-21(25-17)19-6-3-13-29-19)24-16-4-1-2-5-18(16)26-10-7-22(8-11-26)15-23-9-12-28-22/h1-6,13-14,23H,7-12,15H2,(H,24,27). The molecule has 0 bridgehead atoms. The van der Waals surface area contributed by atoms with Crippen LogP contribution in [0, 0.1) is 0 Å². The van der Waals surface area contributed by atoms with Crippen LogP contribution in [0.2, 0.25) is 0 Å². The van der Waals surface area contributed by atoms with Crippen molar-refractivity contribution in [3.8, 4) is 9.88 Å². The van der Waals surface area contributed by atoms with Gasteiger partial charge in [0, 0.05) is 31.6 Å². The molecule has 156 valence electrons. The Bertz CT molecular complexity index is 1000. The van der Waals surface area contributed by atoms with Crippen LogP contribution in [0.4, 0.5) is 11.4 Å². The third kappa shape index (κ3) is 4.00. The number of thiophene rings is 1. The van der Waals surface area contributed by atoms with Crippen molar-refractivity contribution in [1.29, 1.82) is 0 Å². The molecule has 0 atom stereocenters.